The molecule has 28 heavy (non-hydrogen) atoms. The Kier molecular flexibility index (Phi) is 10.7. The zero-order chi connectivity index (χ0) is 22.0. The molecule has 0 aliphatic rings. The fourth-order valence-electron chi connectivity index (χ4n) is 2.22. The lowest BCUT2D eigenvalue weighted by molar-refractivity contribution is -0.145. The molecule has 0 saturated heterocycles. The summed E-state index contributed by atoms with van der Waals surface area (Å²) in [5.74, 6) is -5.89. The molecule has 0 aromatic rings. The first-order chi connectivity index (χ1) is 12.9. The van der Waals surface area contributed by atoms with Gasteiger partial charge in [0.05, 0.1) is 19.1 Å². The molecule has 12 nitrogen and oxygen atoms in total. The van der Waals surface area contributed by atoms with Crippen LogP contribution in [0, 0.1) is 5.92 Å². The van der Waals surface area contributed by atoms with Crippen LogP contribution in [0.15, 0.2) is 0 Å². The van der Waals surface area contributed by atoms with Gasteiger partial charge in [0.25, 0.3) is 0 Å². The maximum Gasteiger partial charge on any atom is 0.326 e. The fourth-order valence-corrected chi connectivity index (χ4v) is 2.22. The van der Waals surface area contributed by atoms with Crippen LogP contribution in [0.3, 0.4) is 0 Å². The van der Waals surface area contributed by atoms with Crippen LogP contribution >= 0.6 is 0 Å². The summed E-state index contributed by atoms with van der Waals surface area (Å²) in [6.45, 7) is 4.05. The standard InChI is InChI=1S/C16H28N4O8/c1-4-7(2)12(16(27)28)19-15(26)13(8(3)21)20-14(25)9(5-11(23)24)18-10(22)6-17/h7-9,12-13,21H,4-6,17H2,1-3H3,(H,18,22)(H,19,26)(H,20,25)(H,23,24)(H,27,28). The maximum absolute atomic E-state index is 12.4. The van der Waals surface area contributed by atoms with Gasteiger partial charge in [-0.3, -0.25) is 19.2 Å². The number of rotatable bonds is 12. The van der Waals surface area contributed by atoms with E-state index in [0.717, 1.165) is 0 Å². The molecule has 0 spiro atoms. The van der Waals surface area contributed by atoms with Gasteiger partial charge in [0.2, 0.25) is 17.7 Å². The van der Waals surface area contributed by atoms with Crippen molar-refractivity contribution >= 4 is 29.7 Å². The number of aliphatic hydroxyl groups excluding tert-OH is 1. The topological polar surface area (TPSA) is 208 Å². The highest BCUT2D eigenvalue weighted by molar-refractivity contribution is 5.95. The molecule has 5 atom stereocenters. The van der Waals surface area contributed by atoms with Gasteiger partial charge in [-0.1, -0.05) is 20.3 Å². The minimum Gasteiger partial charge on any atom is -0.481 e. The molecule has 0 heterocycles. The second-order valence-electron chi connectivity index (χ2n) is 6.36. The lowest BCUT2D eigenvalue weighted by Gasteiger charge is -2.27. The highest BCUT2D eigenvalue weighted by Gasteiger charge is 2.34. The molecule has 8 N–H and O–H groups in total. The van der Waals surface area contributed by atoms with Crippen molar-refractivity contribution in [2.45, 2.75) is 57.8 Å². The number of carbonyl (C=O) groups is 5. The Hall–Kier alpha value is -2.73. The minimum absolute atomic E-state index is 0.421. The first kappa shape index (κ1) is 25.3. The van der Waals surface area contributed by atoms with Crippen molar-refractivity contribution in [3.05, 3.63) is 0 Å². The van der Waals surface area contributed by atoms with E-state index in [1.807, 2.05) is 0 Å². The summed E-state index contributed by atoms with van der Waals surface area (Å²) in [6.07, 6.45) is -1.75. The number of nitrogens with two attached hydrogens (primary N) is 1. The molecule has 160 valence electrons. The molecule has 0 radical (unpaired) electrons. The Bertz CT molecular complexity index is 595. The van der Waals surface area contributed by atoms with E-state index >= 15 is 0 Å². The molecule has 0 aliphatic carbocycles. The maximum atomic E-state index is 12.4. The van der Waals surface area contributed by atoms with Gasteiger partial charge in [-0.15, -0.1) is 0 Å². The minimum atomic E-state index is -1.57. The first-order valence-corrected chi connectivity index (χ1v) is 8.67. The van der Waals surface area contributed by atoms with E-state index < -0.39 is 72.8 Å². The number of aliphatic hydroxyl groups is 1. The fraction of sp³-hybridized carbons (Fsp3) is 0.688. The van der Waals surface area contributed by atoms with Crippen LogP contribution in [0.4, 0.5) is 0 Å². The average molecular weight is 404 g/mol. The zero-order valence-corrected chi connectivity index (χ0v) is 16.0. The Morgan fingerprint density at radius 2 is 1.46 bits per heavy atom. The lowest BCUT2D eigenvalue weighted by Crippen LogP contribution is -2.60. The van der Waals surface area contributed by atoms with Crippen LogP contribution in [0.25, 0.3) is 0 Å². The third-order valence-corrected chi connectivity index (χ3v) is 4.06. The molecule has 0 aromatic heterocycles. The second kappa shape index (κ2) is 11.9. The SMILES string of the molecule is CCC(C)C(NC(=O)C(NC(=O)C(CC(=O)O)NC(=O)CN)C(C)O)C(=O)O. The molecule has 0 rings (SSSR count). The summed E-state index contributed by atoms with van der Waals surface area (Å²) in [7, 11) is 0. The van der Waals surface area contributed by atoms with Gasteiger partial charge in [0, 0.05) is 0 Å². The van der Waals surface area contributed by atoms with Crippen LogP contribution < -0.4 is 21.7 Å². The van der Waals surface area contributed by atoms with Crippen LogP contribution in [0.2, 0.25) is 0 Å². The zero-order valence-electron chi connectivity index (χ0n) is 16.0. The lowest BCUT2D eigenvalue weighted by atomic mass is 9.98. The van der Waals surface area contributed by atoms with E-state index in [-0.39, 0.29) is 0 Å². The first-order valence-electron chi connectivity index (χ1n) is 8.67. The summed E-state index contributed by atoms with van der Waals surface area (Å²) >= 11 is 0. The number of amides is 3. The summed E-state index contributed by atoms with van der Waals surface area (Å²) in [6, 6.07) is -4.35. The summed E-state index contributed by atoms with van der Waals surface area (Å²) in [5, 5.41) is 34.4. The van der Waals surface area contributed by atoms with Crippen LogP contribution in [0.5, 0.6) is 0 Å². The molecular weight excluding hydrogens is 376 g/mol. The monoisotopic (exact) mass is 404 g/mol. The number of hydrogen-bond acceptors (Lipinski definition) is 7. The van der Waals surface area contributed by atoms with Crippen LogP contribution in [-0.4, -0.2) is 75.8 Å². The summed E-state index contributed by atoms with van der Waals surface area (Å²) in [5.41, 5.74) is 5.12. The molecule has 3 amide bonds. The van der Waals surface area contributed by atoms with E-state index in [4.69, 9.17) is 10.8 Å². The van der Waals surface area contributed by atoms with Gasteiger partial charge in [0.15, 0.2) is 0 Å². The second-order valence-corrected chi connectivity index (χ2v) is 6.36. The van der Waals surface area contributed by atoms with E-state index in [0.29, 0.717) is 6.42 Å². The van der Waals surface area contributed by atoms with Gasteiger partial charge in [0.1, 0.15) is 18.1 Å². The van der Waals surface area contributed by atoms with E-state index in [9.17, 15) is 34.2 Å². The van der Waals surface area contributed by atoms with Crippen molar-refractivity contribution in [1.82, 2.24) is 16.0 Å². The third-order valence-electron chi connectivity index (χ3n) is 4.06. The Morgan fingerprint density at radius 1 is 0.929 bits per heavy atom. The van der Waals surface area contributed by atoms with Crippen molar-refractivity contribution in [3.8, 4) is 0 Å². The predicted octanol–water partition coefficient (Wildman–Crippen LogP) is -2.61. The number of hydrogen-bond donors (Lipinski definition) is 7. The summed E-state index contributed by atoms with van der Waals surface area (Å²) in [4.78, 5) is 58.4. The van der Waals surface area contributed by atoms with Gasteiger partial charge in [-0.2, -0.15) is 0 Å². The number of carbonyl (C=O) groups excluding carboxylic acids is 3. The molecule has 0 aromatic carbocycles. The van der Waals surface area contributed by atoms with Crippen molar-refractivity contribution in [2.24, 2.45) is 11.7 Å². The van der Waals surface area contributed by atoms with Crippen molar-refractivity contribution < 1.29 is 39.3 Å². The third kappa shape index (κ3) is 8.31. The van der Waals surface area contributed by atoms with Gasteiger partial charge in [-0.05, 0) is 12.8 Å². The average Bonchev–Trinajstić information content (AvgIpc) is 2.61. The van der Waals surface area contributed by atoms with Gasteiger partial charge >= 0.3 is 11.9 Å². The Morgan fingerprint density at radius 3 is 1.86 bits per heavy atom. The van der Waals surface area contributed by atoms with E-state index in [1.54, 1.807) is 13.8 Å². The van der Waals surface area contributed by atoms with E-state index in [1.165, 1.54) is 6.92 Å². The van der Waals surface area contributed by atoms with Crippen LogP contribution in [-0.2, 0) is 24.0 Å². The number of aliphatic carboxylic acids is 2. The normalized spacial score (nSPS) is 16.0. The van der Waals surface area contributed by atoms with Gasteiger partial charge in [-0.25, -0.2) is 4.79 Å². The number of carboxylic acid groups (broad SMARTS) is 2. The van der Waals surface area contributed by atoms with E-state index in [2.05, 4.69) is 16.0 Å². The summed E-state index contributed by atoms with van der Waals surface area (Å²) < 4.78 is 0. The Labute approximate surface area is 161 Å². The van der Waals surface area contributed by atoms with Gasteiger partial charge < -0.3 is 37.0 Å². The molecule has 0 fully saturated rings. The Balaban J connectivity index is 5.36. The predicted molar refractivity (Wildman–Crippen MR) is 95.9 cm³/mol. The van der Waals surface area contributed by atoms with Crippen molar-refractivity contribution in [1.29, 1.82) is 0 Å². The molecule has 5 unspecified atom stereocenters. The van der Waals surface area contributed by atoms with Crippen LogP contribution in [0.1, 0.15) is 33.6 Å². The molecule has 0 aliphatic heterocycles. The molecule has 12 heteroatoms. The smallest absolute Gasteiger partial charge is 0.326 e. The molecule has 0 bridgehead atoms. The quantitative estimate of drug-likeness (QED) is 0.181. The number of nitrogens with one attached hydrogen (secondary N) is 3. The largest absolute Gasteiger partial charge is 0.481 e. The highest BCUT2D eigenvalue weighted by atomic mass is 16.4. The van der Waals surface area contributed by atoms with Crippen molar-refractivity contribution in [2.75, 3.05) is 6.54 Å². The molecule has 0 saturated carbocycles. The van der Waals surface area contributed by atoms with Crippen molar-refractivity contribution in [3.63, 3.8) is 0 Å². The highest BCUT2D eigenvalue weighted by Crippen LogP contribution is 2.09. The molecular formula is C16H28N4O8. The number of carboxylic acids is 2.